The Bertz CT molecular complexity index is 524. The summed E-state index contributed by atoms with van der Waals surface area (Å²) >= 11 is 0. The summed E-state index contributed by atoms with van der Waals surface area (Å²) < 4.78 is 0. The van der Waals surface area contributed by atoms with Gasteiger partial charge in [0.25, 0.3) is 0 Å². The quantitative estimate of drug-likeness (QED) is 0.621. The largest absolute Gasteiger partial charge is 0.396 e. The lowest BCUT2D eigenvalue weighted by atomic mass is 9.39. The highest BCUT2D eigenvalue weighted by Gasteiger charge is 2.70. The molecular weight excluding hydrogens is 304 g/mol. The van der Waals surface area contributed by atoms with Crippen LogP contribution in [0.4, 0.5) is 0 Å². The van der Waals surface area contributed by atoms with E-state index in [1.165, 1.54) is 6.42 Å². The van der Waals surface area contributed by atoms with Gasteiger partial charge in [0.15, 0.2) is 0 Å². The minimum absolute atomic E-state index is 0.0244. The van der Waals surface area contributed by atoms with Crippen molar-refractivity contribution in [3.8, 4) is 0 Å². The van der Waals surface area contributed by atoms with Crippen molar-refractivity contribution in [2.24, 2.45) is 34.0 Å². The molecule has 8 atom stereocenters. The molecule has 138 valence electrons. The van der Waals surface area contributed by atoms with Gasteiger partial charge in [-0.2, -0.15) is 0 Å². The van der Waals surface area contributed by atoms with Crippen LogP contribution in [0.25, 0.3) is 0 Å². The van der Waals surface area contributed by atoms with Gasteiger partial charge >= 0.3 is 0 Å². The van der Waals surface area contributed by atoms with Crippen LogP contribution in [0, 0.1) is 34.0 Å². The van der Waals surface area contributed by atoms with E-state index in [1.807, 2.05) is 0 Å². The topological polar surface area (TPSA) is 80.9 Å². The molecule has 0 amide bonds. The zero-order valence-corrected chi connectivity index (χ0v) is 15.2. The molecule has 0 aromatic rings. The Morgan fingerprint density at radius 3 is 2.33 bits per heavy atom. The molecule has 4 N–H and O–H groups in total. The van der Waals surface area contributed by atoms with E-state index in [0.717, 1.165) is 32.1 Å². The Balaban J connectivity index is 1.76. The van der Waals surface area contributed by atoms with E-state index in [2.05, 4.69) is 13.8 Å². The third-order valence-corrected chi connectivity index (χ3v) is 9.27. The second kappa shape index (κ2) is 5.18. The van der Waals surface area contributed by atoms with Crippen LogP contribution in [0.5, 0.6) is 0 Å². The van der Waals surface area contributed by atoms with Crippen molar-refractivity contribution in [3.63, 3.8) is 0 Å². The fourth-order valence-corrected chi connectivity index (χ4v) is 8.12. The minimum atomic E-state index is -0.901. The third kappa shape index (κ3) is 1.94. The van der Waals surface area contributed by atoms with Gasteiger partial charge in [0.1, 0.15) is 0 Å². The highest BCUT2D eigenvalue weighted by molar-refractivity contribution is 5.19. The van der Waals surface area contributed by atoms with Crippen molar-refractivity contribution >= 4 is 0 Å². The number of aliphatic hydroxyl groups is 4. The van der Waals surface area contributed by atoms with Gasteiger partial charge in [0, 0.05) is 6.61 Å². The average molecular weight is 338 g/mol. The zero-order chi connectivity index (χ0) is 17.4. The first kappa shape index (κ1) is 17.3. The summed E-state index contributed by atoms with van der Waals surface area (Å²) in [4.78, 5) is 0. The Labute approximate surface area is 145 Å². The van der Waals surface area contributed by atoms with Crippen LogP contribution in [0.1, 0.15) is 65.2 Å². The van der Waals surface area contributed by atoms with E-state index in [4.69, 9.17) is 0 Å². The van der Waals surface area contributed by atoms with Gasteiger partial charge in [0.2, 0.25) is 0 Å². The first-order chi connectivity index (χ1) is 11.2. The van der Waals surface area contributed by atoms with Gasteiger partial charge in [-0.1, -0.05) is 13.8 Å². The van der Waals surface area contributed by atoms with Gasteiger partial charge in [-0.15, -0.1) is 0 Å². The highest BCUT2D eigenvalue weighted by atomic mass is 16.3. The maximum absolute atomic E-state index is 10.9. The lowest BCUT2D eigenvalue weighted by molar-refractivity contribution is -0.208. The molecule has 0 aromatic carbocycles. The predicted molar refractivity (Wildman–Crippen MR) is 91.2 cm³/mol. The molecule has 4 heteroatoms. The summed E-state index contributed by atoms with van der Waals surface area (Å²) in [6, 6.07) is 0. The zero-order valence-electron chi connectivity index (χ0n) is 15.2. The van der Waals surface area contributed by atoms with Crippen LogP contribution in [0.3, 0.4) is 0 Å². The fraction of sp³-hybridized carbons (Fsp3) is 1.00. The molecular formula is C20H34O4. The van der Waals surface area contributed by atoms with E-state index in [0.29, 0.717) is 24.7 Å². The van der Waals surface area contributed by atoms with Crippen LogP contribution in [-0.2, 0) is 0 Å². The van der Waals surface area contributed by atoms with Crippen molar-refractivity contribution in [1.29, 1.82) is 0 Å². The summed E-state index contributed by atoms with van der Waals surface area (Å²) in [6.07, 6.45) is 7.12. The summed E-state index contributed by atoms with van der Waals surface area (Å²) in [6.45, 7) is 4.55. The molecule has 4 fully saturated rings. The van der Waals surface area contributed by atoms with E-state index < -0.39 is 5.60 Å². The second-order valence-electron chi connectivity index (χ2n) is 10.2. The molecule has 4 aliphatic carbocycles. The predicted octanol–water partition coefficient (Wildman–Crippen LogP) is 2.09. The van der Waals surface area contributed by atoms with E-state index >= 15 is 0 Å². The van der Waals surface area contributed by atoms with Crippen LogP contribution in [-0.4, -0.2) is 45.3 Å². The second-order valence-corrected chi connectivity index (χ2v) is 10.2. The highest BCUT2D eigenvalue weighted by Crippen LogP contribution is 2.75. The van der Waals surface area contributed by atoms with Gasteiger partial charge in [-0.05, 0) is 85.4 Å². The molecule has 0 aromatic heterocycles. The molecule has 0 heterocycles. The van der Waals surface area contributed by atoms with Gasteiger partial charge in [-0.25, -0.2) is 0 Å². The lowest BCUT2D eigenvalue weighted by Gasteiger charge is -2.66. The number of rotatable bonds is 2. The number of hydrogen-bond acceptors (Lipinski definition) is 4. The standard InChI is InChI=1S/C20H34O4/c1-17(11-21)9-15(23)10-18(2)16(17)4-3-13-7-14-8-19(13,18)5-6-20(14,24)12-22/h13-16,21-24H,3-12H2,1-2H3/t13-,14-,15-,16-,17+,18-,19+,20+/m0/s1. The van der Waals surface area contributed by atoms with Crippen molar-refractivity contribution in [3.05, 3.63) is 0 Å². The smallest absolute Gasteiger partial charge is 0.0905 e. The first-order valence-electron chi connectivity index (χ1n) is 9.85. The molecule has 0 saturated heterocycles. The fourth-order valence-electron chi connectivity index (χ4n) is 8.12. The molecule has 0 unspecified atom stereocenters. The maximum Gasteiger partial charge on any atom is 0.0905 e. The number of hydrogen-bond donors (Lipinski definition) is 4. The van der Waals surface area contributed by atoms with Crippen LogP contribution < -0.4 is 0 Å². The normalized spacial score (nSPS) is 59.8. The SMILES string of the molecule is C[C@]1(CO)C[C@H](O)C[C@@]2(C)[C@H]1CC[C@H]1C[C@H]3C[C@]12CC[C@@]3(O)CO. The van der Waals surface area contributed by atoms with E-state index in [1.54, 1.807) is 0 Å². The summed E-state index contributed by atoms with van der Waals surface area (Å²) in [5, 5.41) is 41.4. The third-order valence-electron chi connectivity index (χ3n) is 9.27. The van der Waals surface area contributed by atoms with Crippen molar-refractivity contribution in [2.75, 3.05) is 13.2 Å². The van der Waals surface area contributed by atoms with Crippen molar-refractivity contribution in [2.45, 2.75) is 76.9 Å². The Kier molecular flexibility index (Phi) is 3.73. The van der Waals surface area contributed by atoms with Crippen molar-refractivity contribution < 1.29 is 20.4 Å². The molecule has 0 aliphatic heterocycles. The summed E-state index contributed by atoms with van der Waals surface area (Å²) in [5.41, 5.74) is -0.909. The van der Waals surface area contributed by atoms with Crippen LogP contribution >= 0.6 is 0 Å². The van der Waals surface area contributed by atoms with Gasteiger partial charge in [-0.3, -0.25) is 0 Å². The molecule has 2 bridgehead atoms. The number of fused-ring (bicyclic) bond motifs is 2. The monoisotopic (exact) mass is 338 g/mol. The van der Waals surface area contributed by atoms with Gasteiger partial charge < -0.3 is 20.4 Å². The van der Waals surface area contributed by atoms with E-state index in [9.17, 15) is 20.4 Å². The average Bonchev–Trinajstić information content (AvgIpc) is 2.88. The van der Waals surface area contributed by atoms with E-state index in [-0.39, 0.29) is 41.5 Å². The van der Waals surface area contributed by atoms with Gasteiger partial charge in [0.05, 0.1) is 18.3 Å². The van der Waals surface area contributed by atoms with Crippen LogP contribution in [0.15, 0.2) is 0 Å². The maximum atomic E-state index is 10.9. The summed E-state index contributed by atoms with van der Waals surface area (Å²) in [7, 11) is 0. The molecule has 1 spiro atoms. The Morgan fingerprint density at radius 1 is 0.917 bits per heavy atom. The molecule has 24 heavy (non-hydrogen) atoms. The Morgan fingerprint density at radius 2 is 1.67 bits per heavy atom. The first-order valence-corrected chi connectivity index (χ1v) is 9.85. The molecule has 4 aliphatic rings. The van der Waals surface area contributed by atoms with Crippen LogP contribution in [0.2, 0.25) is 0 Å². The van der Waals surface area contributed by atoms with Crippen molar-refractivity contribution in [1.82, 2.24) is 0 Å². The molecule has 4 saturated carbocycles. The molecule has 4 nitrogen and oxygen atoms in total. The molecule has 0 radical (unpaired) electrons. The minimum Gasteiger partial charge on any atom is -0.396 e. The summed E-state index contributed by atoms with van der Waals surface area (Å²) in [5.74, 6) is 1.22. The lowest BCUT2D eigenvalue weighted by Crippen LogP contribution is -2.62. The number of aliphatic hydroxyl groups excluding tert-OH is 3. The Hall–Kier alpha value is -0.160. The molecule has 4 rings (SSSR count).